The van der Waals surface area contributed by atoms with Crippen molar-refractivity contribution in [2.45, 2.75) is 38.5 Å². The van der Waals surface area contributed by atoms with Crippen LogP contribution < -0.4 is 5.32 Å². The van der Waals surface area contributed by atoms with E-state index in [1.54, 1.807) is 0 Å². The molecule has 0 atom stereocenters. The zero-order valence-electron chi connectivity index (χ0n) is 12.5. The number of nitrogens with one attached hydrogen (secondary N) is 1. The smallest absolute Gasteiger partial charge is 0.144 e. The number of nitrogens with zero attached hydrogens (tertiary/aromatic N) is 2. The number of hydrogen-bond donors (Lipinski definition) is 1. The van der Waals surface area contributed by atoms with E-state index >= 15 is 0 Å². The van der Waals surface area contributed by atoms with Gasteiger partial charge in [0.1, 0.15) is 11.6 Å². The lowest BCUT2D eigenvalue weighted by Gasteiger charge is -2.14. The molecule has 2 aromatic rings. The van der Waals surface area contributed by atoms with Crippen molar-refractivity contribution in [3.63, 3.8) is 0 Å². The summed E-state index contributed by atoms with van der Waals surface area (Å²) in [7, 11) is 1.91. The third kappa shape index (κ3) is 2.82. The van der Waals surface area contributed by atoms with Gasteiger partial charge in [0.25, 0.3) is 0 Å². The Bertz CT molecular complexity index is 629. The Labute approximate surface area is 134 Å². The molecule has 0 aliphatic heterocycles. The maximum Gasteiger partial charge on any atom is 0.144 e. The first-order valence-corrected chi connectivity index (χ1v) is 8.33. The fourth-order valence-corrected chi connectivity index (χ4v) is 3.58. The number of rotatable bonds is 4. The quantitative estimate of drug-likeness (QED) is 0.905. The number of anilines is 1. The summed E-state index contributed by atoms with van der Waals surface area (Å²) in [5.74, 6) is 2.28. The van der Waals surface area contributed by atoms with Crippen LogP contribution in [0.1, 0.15) is 41.9 Å². The highest BCUT2D eigenvalue weighted by Gasteiger charge is 2.26. The molecule has 0 radical (unpaired) electrons. The molecule has 0 fully saturated rings. The first kappa shape index (κ1) is 14.5. The van der Waals surface area contributed by atoms with Gasteiger partial charge in [0, 0.05) is 13.0 Å². The van der Waals surface area contributed by atoms with E-state index in [4.69, 9.17) is 9.97 Å². The molecule has 3 rings (SSSR count). The van der Waals surface area contributed by atoms with Gasteiger partial charge < -0.3 is 5.32 Å². The largest absolute Gasteiger partial charge is 0.372 e. The Morgan fingerprint density at radius 2 is 1.86 bits per heavy atom. The first-order valence-electron chi connectivity index (χ1n) is 7.53. The summed E-state index contributed by atoms with van der Waals surface area (Å²) >= 11 is 3.63. The van der Waals surface area contributed by atoms with Crippen molar-refractivity contribution in [3.8, 4) is 0 Å². The molecule has 1 heterocycles. The Morgan fingerprint density at radius 1 is 1.19 bits per heavy atom. The van der Waals surface area contributed by atoms with Gasteiger partial charge in [-0.05, 0) is 46.3 Å². The van der Waals surface area contributed by atoms with Gasteiger partial charge in [0.15, 0.2) is 0 Å². The van der Waals surface area contributed by atoms with Crippen molar-refractivity contribution in [1.29, 1.82) is 0 Å². The van der Waals surface area contributed by atoms with E-state index in [0.29, 0.717) is 5.92 Å². The SMILES string of the molecule is CCCc1nc(C2Cc3ccccc3C2)nc(NC)c1Br. The van der Waals surface area contributed by atoms with Crippen LogP contribution in [0.3, 0.4) is 0 Å². The van der Waals surface area contributed by atoms with Crippen LogP contribution in [0.25, 0.3) is 0 Å². The second kappa shape index (κ2) is 6.14. The van der Waals surface area contributed by atoms with Crippen LogP contribution >= 0.6 is 15.9 Å². The monoisotopic (exact) mass is 345 g/mol. The average molecular weight is 346 g/mol. The van der Waals surface area contributed by atoms with Gasteiger partial charge in [-0.25, -0.2) is 9.97 Å². The fourth-order valence-electron chi connectivity index (χ4n) is 3.00. The van der Waals surface area contributed by atoms with Crippen LogP contribution in [-0.2, 0) is 19.3 Å². The number of fused-ring (bicyclic) bond motifs is 1. The second-order valence-corrected chi connectivity index (χ2v) is 6.36. The van der Waals surface area contributed by atoms with E-state index in [-0.39, 0.29) is 0 Å². The lowest BCUT2D eigenvalue weighted by atomic mass is 10.1. The Hall–Kier alpha value is -1.42. The Morgan fingerprint density at radius 3 is 2.43 bits per heavy atom. The Balaban J connectivity index is 1.95. The molecule has 0 saturated carbocycles. The number of aromatic nitrogens is 2. The Kier molecular flexibility index (Phi) is 4.24. The standard InChI is InChI=1S/C17H20BrN3/c1-3-6-14-15(18)17(19-2)21-16(20-14)13-9-11-7-4-5-8-12(11)10-13/h4-5,7-8,13H,3,6,9-10H2,1-2H3,(H,19,20,21). The lowest BCUT2D eigenvalue weighted by Crippen LogP contribution is -2.10. The van der Waals surface area contributed by atoms with E-state index in [0.717, 1.165) is 47.5 Å². The summed E-state index contributed by atoms with van der Waals surface area (Å²) < 4.78 is 1.01. The number of halogens is 1. The molecule has 3 nitrogen and oxygen atoms in total. The molecule has 1 aliphatic rings. The summed E-state index contributed by atoms with van der Waals surface area (Å²) in [5, 5.41) is 3.18. The van der Waals surface area contributed by atoms with Gasteiger partial charge in [-0.1, -0.05) is 37.6 Å². The average Bonchev–Trinajstić information content (AvgIpc) is 2.93. The van der Waals surface area contributed by atoms with Crippen molar-refractivity contribution in [2.75, 3.05) is 12.4 Å². The van der Waals surface area contributed by atoms with Crippen molar-refractivity contribution in [2.24, 2.45) is 0 Å². The van der Waals surface area contributed by atoms with Crippen molar-refractivity contribution >= 4 is 21.7 Å². The molecule has 1 aromatic heterocycles. The molecular weight excluding hydrogens is 326 g/mol. The third-order valence-electron chi connectivity index (χ3n) is 4.08. The zero-order valence-corrected chi connectivity index (χ0v) is 14.1. The van der Waals surface area contributed by atoms with Crippen molar-refractivity contribution < 1.29 is 0 Å². The summed E-state index contributed by atoms with van der Waals surface area (Å²) in [5.41, 5.74) is 4.00. The normalized spacial score (nSPS) is 14.2. The molecule has 0 unspecified atom stereocenters. The van der Waals surface area contributed by atoms with Crippen LogP contribution in [0.4, 0.5) is 5.82 Å². The summed E-state index contributed by atoms with van der Waals surface area (Å²) in [6.45, 7) is 2.18. The number of hydrogen-bond acceptors (Lipinski definition) is 3. The first-order chi connectivity index (χ1) is 10.2. The highest BCUT2D eigenvalue weighted by molar-refractivity contribution is 9.10. The molecule has 0 spiro atoms. The van der Waals surface area contributed by atoms with Gasteiger partial charge in [-0.3, -0.25) is 0 Å². The van der Waals surface area contributed by atoms with Gasteiger partial charge in [0.05, 0.1) is 10.2 Å². The van der Waals surface area contributed by atoms with Crippen molar-refractivity contribution in [3.05, 3.63) is 51.4 Å². The van der Waals surface area contributed by atoms with Crippen LogP contribution in [0, 0.1) is 0 Å². The van der Waals surface area contributed by atoms with E-state index in [1.165, 1.54) is 11.1 Å². The van der Waals surface area contributed by atoms with E-state index < -0.39 is 0 Å². The molecule has 1 aromatic carbocycles. The van der Waals surface area contributed by atoms with Gasteiger partial charge in [-0.2, -0.15) is 0 Å². The molecular formula is C17H20BrN3. The predicted molar refractivity (Wildman–Crippen MR) is 89.9 cm³/mol. The number of benzene rings is 1. The minimum atomic E-state index is 0.401. The van der Waals surface area contributed by atoms with Gasteiger partial charge >= 0.3 is 0 Å². The van der Waals surface area contributed by atoms with Crippen LogP contribution in [0.5, 0.6) is 0 Å². The van der Waals surface area contributed by atoms with Crippen LogP contribution in [0.2, 0.25) is 0 Å². The number of aryl methyl sites for hydroxylation is 1. The fraction of sp³-hybridized carbons (Fsp3) is 0.412. The zero-order chi connectivity index (χ0) is 14.8. The van der Waals surface area contributed by atoms with Crippen LogP contribution in [0.15, 0.2) is 28.7 Å². The van der Waals surface area contributed by atoms with Gasteiger partial charge in [-0.15, -0.1) is 0 Å². The van der Waals surface area contributed by atoms with Crippen LogP contribution in [-0.4, -0.2) is 17.0 Å². The van der Waals surface area contributed by atoms with E-state index in [1.807, 2.05) is 7.05 Å². The molecule has 4 heteroatoms. The molecule has 21 heavy (non-hydrogen) atoms. The minimum Gasteiger partial charge on any atom is -0.372 e. The molecule has 0 saturated heterocycles. The van der Waals surface area contributed by atoms with E-state index in [9.17, 15) is 0 Å². The summed E-state index contributed by atoms with van der Waals surface area (Å²) in [6, 6.07) is 8.68. The molecule has 0 amide bonds. The maximum atomic E-state index is 4.84. The van der Waals surface area contributed by atoms with Gasteiger partial charge in [0.2, 0.25) is 0 Å². The van der Waals surface area contributed by atoms with Crippen molar-refractivity contribution in [1.82, 2.24) is 9.97 Å². The molecule has 1 aliphatic carbocycles. The predicted octanol–water partition coefficient (Wildman–Crippen LogP) is 4.12. The highest BCUT2D eigenvalue weighted by Crippen LogP contribution is 2.34. The summed E-state index contributed by atoms with van der Waals surface area (Å²) in [6.07, 6.45) is 4.16. The highest BCUT2D eigenvalue weighted by atomic mass is 79.9. The third-order valence-corrected chi connectivity index (χ3v) is 4.91. The maximum absolute atomic E-state index is 4.84. The second-order valence-electron chi connectivity index (χ2n) is 5.56. The topological polar surface area (TPSA) is 37.8 Å². The molecule has 110 valence electrons. The molecule has 1 N–H and O–H groups in total. The minimum absolute atomic E-state index is 0.401. The summed E-state index contributed by atoms with van der Waals surface area (Å²) in [4.78, 5) is 9.57. The van der Waals surface area contributed by atoms with E-state index in [2.05, 4.69) is 52.4 Å². The lowest BCUT2D eigenvalue weighted by molar-refractivity contribution is 0.671. The molecule has 0 bridgehead atoms.